The van der Waals surface area contributed by atoms with Gasteiger partial charge in [-0.3, -0.25) is 4.79 Å². The average molecular weight is 453 g/mol. The first-order valence-electron chi connectivity index (χ1n) is 10.2. The van der Waals surface area contributed by atoms with Crippen LogP contribution in [0.5, 0.6) is 0 Å². The number of thioether (sulfide) groups is 1. The van der Waals surface area contributed by atoms with Crippen molar-refractivity contribution >= 4 is 39.7 Å². The first-order chi connectivity index (χ1) is 15.0. The molecule has 0 spiro atoms. The molecule has 0 saturated carbocycles. The lowest BCUT2D eigenvalue weighted by Gasteiger charge is -2.09. The number of hydrogen-bond donors (Lipinski definition) is 2. The number of amides is 1. The van der Waals surface area contributed by atoms with Crippen molar-refractivity contribution in [2.24, 2.45) is 7.05 Å². The van der Waals surface area contributed by atoms with E-state index in [0.29, 0.717) is 22.3 Å². The third-order valence-electron chi connectivity index (χ3n) is 5.30. The minimum atomic E-state index is -0.137. The largest absolute Gasteiger partial charge is 0.378 e. The predicted octanol–water partition coefficient (Wildman–Crippen LogP) is 4.28. The number of anilines is 2. The lowest BCUT2D eigenvalue weighted by molar-refractivity contribution is -0.113. The lowest BCUT2D eigenvalue weighted by Crippen LogP contribution is -2.14. The zero-order valence-electron chi connectivity index (χ0n) is 17.6. The van der Waals surface area contributed by atoms with Crippen LogP contribution in [0.3, 0.4) is 0 Å². The number of fused-ring (bicyclic) bond motifs is 1. The van der Waals surface area contributed by atoms with E-state index in [1.165, 1.54) is 22.2 Å². The van der Waals surface area contributed by atoms with Crippen LogP contribution in [0.15, 0.2) is 29.4 Å². The molecule has 2 heterocycles. The molecule has 0 bridgehead atoms. The molecule has 31 heavy (non-hydrogen) atoms. The molecule has 0 radical (unpaired) electrons. The van der Waals surface area contributed by atoms with Gasteiger partial charge in [0.05, 0.1) is 17.9 Å². The maximum Gasteiger partial charge on any atom is 0.235 e. The smallest absolute Gasteiger partial charge is 0.235 e. The van der Waals surface area contributed by atoms with Crippen molar-refractivity contribution in [1.29, 1.82) is 5.26 Å². The second-order valence-electron chi connectivity index (χ2n) is 7.54. The van der Waals surface area contributed by atoms with E-state index in [1.54, 1.807) is 11.3 Å². The van der Waals surface area contributed by atoms with Crippen LogP contribution in [-0.2, 0) is 31.2 Å². The summed E-state index contributed by atoms with van der Waals surface area (Å²) in [5, 5.41) is 25.6. The van der Waals surface area contributed by atoms with Crippen molar-refractivity contribution in [1.82, 2.24) is 14.8 Å². The molecule has 160 valence electrons. The average Bonchev–Trinajstić information content (AvgIpc) is 3.31. The van der Waals surface area contributed by atoms with Crippen LogP contribution in [0.1, 0.15) is 40.2 Å². The van der Waals surface area contributed by atoms with Crippen LogP contribution in [0.4, 0.5) is 10.7 Å². The molecule has 0 atom stereocenters. The van der Waals surface area contributed by atoms with E-state index in [9.17, 15) is 10.1 Å². The Morgan fingerprint density at radius 2 is 2.03 bits per heavy atom. The standard InChI is InChI=1S/C22H24N6OS2/c1-14-7-9-15(10-8-14)24-12-19-26-27-22(28(19)2)30-13-20(29)25-21-17(11-23)16-5-3-4-6-18(16)31-21/h7-10,24H,3-6,12-13H2,1-2H3,(H,25,29). The van der Waals surface area contributed by atoms with E-state index in [4.69, 9.17) is 0 Å². The predicted molar refractivity (Wildman–Crippen MR) is 125 cm³/mol. The Balaban J connectivity index is 1.33. The van der Waals surface area contributed by atoms with Crippen LogP contribution < -0.4 is 10.6 Å². The summed E-state index contributed by atoms with van der Waals surface area (Å²) >= 11 is 2.88. The Hall–Kier alpha value is -2.83. The highest BCUT2D eigenvalue weighted by Crippen LogP contribution is 2.37. The van der Waals surface area contributed by atoms with Gasteiger partial charge in [-0.1, -0.05) is 29.5 Å². The number of thiophene rings is 1. The molecule has 1 amide bonds. The topological polar surface area (TPSA) is 95.6 Å². The van der Waals surface area contributed by atoms with Gasteiger partial charge in [0.1, 0.15) is 11.1 Å². The van der Waals surface area contributed by atoms with E-state index < -0.39 is 0 Å². The summed E-state index contributed by atoms with van der Waals surface area (Å²) in [7, 11) is 1.90. The van der Waals surface area contributed by atoms with Gasteiger partial charge < -0.3 is 15.2 Å². The Morgan fingerprint density at radius 3 is 2.81 bits per heavy atom. The Bertz CT molecular complexity index is 1130. The molecule has 0 unspecified atom stereocenters. The molecular formula is C22H24N6OS2. The monoisotopic (exact) mass is 452 g/mol. The van der Waals surface area contributed by atoms with Gasteiger partial charge in [0.2, 0.25) is 5.91 Å². The summed E-state index contributed by atoms with van der Waals surface area (Å²) in [6, 6.07) is 10.5. The first kappa shape index (κ1) is 21.4. The Labute approximate surface area is 189 Å². The van der Waals surface area contributed by atoms with Crippen molar-refractivity contribution in [2.75, 3.05) is 16.4 Å². The molecule has 0 saturated heterocycles. The van der Waals surface area contributed by atoms with Gasteiger partial charge in [-0.25, -0.2) is 0 Å². The van der Waals surface area contributed by atoms with Gasteiger partial charge in [0.25, 0.3) is 0 Å². The number of aromatic nitrogens is 3. The molecule has 4 rings (SSSR count). The van der Waals surface area contributed by atoms with E-state index in [-0.39, 0.29) is 11.7 Å². The molecule has 9 heteroatoms. The third-order valence-corrected chi connectivity index (χ3v) is 7.52. The molecule has 1 aliphatic rings. The second-order valence-corrected chi connectivity index (χ2v) is 9.59. The number of carbonyl (C=O) groups excluding carboxylic acids is 1. The number of aryl methyl sites for hydroxylation is 2. The molecule has 1 aromatic carbocycles. The summed E-state index contributed by atoms with van der Waals surface area (Å²) in [5.41, 5.74) is 4.00. The van der Waals surface area contributed by atoms with E-state index in [0.717, 1.165) is 42.8 Å². The SMILES string of the molecule is Cc1ccc(NCc2nnc(SCC(=O)Nc3sc4c(c3C#N)CCCC4)n2C)cc1. The van der Waals surface area contributed by atoms with Gasteiger partial charge >= 0.3 is 0 Å². The minimum absolute atomic E-state index is 0.137. The number of nitriles is 1. The second kappa shape index (κ2) is 9.54. The van der Waals surface area contributed by atoms with Gasteiger partial charge in [0, 0.05) is 17.6 Å². The van der Waals surface area contributed by atoms with Crippen LogP contribution in [0.2, 0.25) is 0 Å². The summed E-state index contributed by atoms with van der Waals surface area (Å²) < 4.78 is 1.89. The highest BCUT2D eigenvalue weighted by atomic mass is 32.2. The molecule has 0 fully saturated rings. The molecule has 2 N–H and O–H groups in total. The van der Waals surface area contributed by atoms with Gasteiger partial charge in [-0.2, -0.15) is 5.26 Å². The number of nitrogens with zero attached hydrogens (tertiary/aromatic N) is 4. The molecule has 3 aromatic rings. The number of benzene rings is 1. The fourth-order valence-corrected chi connectivity index (χ4v) is 5.53. The fourth-order valence-electron chi connectivity index (χ4n) is 3.54. The maximum atomic E-state index is 12.5. The van der Waals surface area contributed by atoms with E-state index >= 15 is 0 Å². The van der Waals surface area contributed by atoms with E-state index in [1.807, 2.05) is 23.7 Å². The van der Waals surface area contributed by atoms with Crippen LogP contribution in [-0.4, -0.2) is 26.4 Å². The van der Waals surface area contributed by atoms with Crippen LogP contribution >= 0.6 is 23.1 Å². The summed E-state index contributed by atoms with van der Waals surface area (Å²) in [6.45, 7) is 2.60. The summed E-state index contributed by atoms with van der Waals surface area (Å²) in [6.07, 6.45) is 4.18. The normalized spacial score (nSPS) is 12.8. The molecule has 2 aromatic heterocycles. The minimum Gasteiger partial charge on any atom is -0.378 e. The summed E-state index contributed by atoms with van der Waals surface area (Å²) in [4.78, 5) is 13.8. The maximum absolute atomic E-state index is 12.5. The first-order valence-corrected chi connectivity index (χ1v) is 12.0. The van der Waals surface area contributed by atoms with Gasteiger partial charge in [-0.05, 0) is 50.3 Å². The van der Waals surface area contributed by atoms with Crippen LogP contribution in [0.25, 0.3) is 0 Å². The van der Waals surface area contributed by atoms with Crippen molar-refractivity contribution in [2.45, 2.75) is 44.3 Å². The highest BCUT2D eigenvalue weighted by Gasteiger charge is 2.22. The molecule has 0 aliphatic heterocycles. The molecule has 1 aliphatic carbocycles. The number of carbonyl (C=O) groups is 1. The van der Waals surface area contributed by atoms with Crippen LogP contribution in [0, 0.1) is 18.3 Å². The fraction of sp³-hybridized carbons (Fsp3) is 0.364. The van der Waals surface area contributed by atoms with Crippen molar-refractivity contribution in [3.05, 3.63) is 51.7 Å². The van der Waals surface area contributed by atoms with Crippen molar-refractivity contribution in [3.8, 4) is 6.07 Å². The Kier molecular flexibility index (Phi) is 6.59. The lowest BCUT2D eigenvalue weighted by atomic mass is 9.96. The van der Waals surface area contributed by atoms with Gasteiger partial charge in [0.15, 0.2) is 11.0 Å². The summed E-state index contributed by atoms with van der Waals surface area (Å²) in [5.74, 6) is 0.869. The van der Waals surface area contributed by atoms with Gasteiger partial charge in [-0.15, -0.1) is 21.5 Å². The third kappa shape index (κ3) is 4.92. The highest BCUT2D eigenvalue weighted by molar-refractivity contribution is 7.99. The van der Waals surface area contributed by atoms with E-state index in [2.05, 4.69) is 46.0 Å². The number of hydrogen-bond acceptors (Lipinski definition) is 7. The Morgan fingerprint density at radius 1 is 1.26 bits per heavy atom. The quantitative estimate of drug-likeness (QED) is 0.520. The molecule has 7 nitrogen and oxygen atoms in total. The number of rotatable bonds is 7. The zero-order chi connectivity index (χ0) is 21.8. The van der Waals surface area contributed by atoms with Crippen molar-refractivity contribution < 1.29 is 4.79 Å². The zero-order valence-corrected chi connectivity index (χ0v) is 19.2. The number of nitrogens with one attached hydrogen (secondary N) is 2. The van der Waals surface area contributed by atoms with Crippen molar-refractivity contribution in [3.63, 3.8) is 0 Å². The molecular weight excluding hydrogens is 428 g/mol.